The number of para-hydroxylation sites is 2. The van der Waals surface area contributed by atoms with Crippen LogP contribution in [0.25, 0.3) is 22.3 Å². The van der Waals surface area contributed by atoms with E-state index in [9.17, 15) is 5.26 Å². The number of fused-ring (bicyclic) bond motifs is 1. The predicted octanol–water partition coefficient (Wildman–Crippen LogP) is 3.01. The van der Waals surface area contributed by atoms with E-state index in [1.165, 1.54) is 0 Å². The molecule has 0 bridgehead atoms. The summed E-state index contributed by atoms with van der Waals surface area (Å²) in [7, 11) is 0. The van der Waals surface area contributed by atoms with E-state index in [-0.39, 0.29) is 0 Å². The average Bonchev–Trinajstić information content (AvgIpc) is 2.67. The van der Waals surface area contributed by atoms with Gasteiger partial charge in [0.05, 0.1) is 35.9 Å². The highest BCUT2D eigenvalue weighted by atomic mass is 16.5. The summed E-state index contributed by atoms with van der Waals surface area (Å²) in [5.74, 6) is 0.854. The lowest BCUT2D eigenvalue weighted by Crippen LogP contribution is -2.37. The summed E-state index contributed by atoms with van der Waals surface area (Å²) in [4.78, 5) is 11.9. The fourth-order valence-electron chi connectivity index (χ4n) is 2.92. The molecule has 1 aromatic heterocycles. The molecule has 0 atom stereocenters. The summed E-state index contributed by atoms with van der Waals surface area (Å²) in [6, 6.07) is 17.6. The Bertz CT molecular complexity index is 926. The van der Waals surface area contributed by atoms with Gasteiger partial charge in [0, 0.05) is 18.7 Å². The Morgan fingerprint density at radius 1 is 0.958 bits per heavy atom. The molecule has 0 unspecified atom stereocenters. The molecule has 0 aliphatic carbocycles. The van der Waals surface area contributed by atoms with Crippen LogP contribution in [-0.4, -0.2) is 36.3 Å². The highest BCUT2D eigenvalue weighted by molar-refractivity contribution is 5.83. The van der Waals surface area contributed by atoms with E-state index >= 15 is 0 Å². The van der Waals surface area contributed by atoms with E-state index in [1.54, 1.807) is 6.07 Å². The van der Waals surface area contributed by atoms with Crippen LogP contribution in [0.15, 0.2) is 48.5 Å². The van der Waals surface area contributed by atoms with Crippen molar-refractivity contribution in [2.45, 2.75) is 0 Å². The molecule has 1 aliphatic heterocycles. The summed E-state index contributed by atoms with van der Waals surface area (Å²) in [5, 5.41) is 9.19. The number of aromatic nitrogens is 2. The highest BCUT2D eigenvalue weighted by Crippen LogP contribution is 2.30. The second-order valence-electron chi connectivity index (χ2n) is 5.68. The van der Waals surface area contributed by atoms with E-state index in [0.29, 0.717) is 18.8 Å². The lowest BCUT2D eigenvalue weighted by Gasteiger charge is -2.29. The lowest BCUT2D eigenvalue weighted by molar-refractivity contribution is 0.122. The number of anilines is 1. The van der Waals surface area contributed by atoms with Gasteiger partial charge in [-0.15, -0.1) is 0 Å². The third kappa shape index (κ3) is 2.68. The minimum absolute atomic E-state index is 0.621. The number of nitrogens with zero attached hydrogens (tertiary/aromatic N) is 4. The molecule has 1 aliphatic rings. The maximum Gasteiger partial charge on any atom is 0.156 e. The van der Waals surface area contributed by atoms with Gasteiger partial charge in [0.25, 0.3) is 0 Å². The van der Waals surface area contributed by atoms with Crippen molar-refractivity contribution >= 4 is 16.9 Å². The van der Waals surface area contributed by atoms with Crippen LogP contribution >= 0.6 is 0 Å². The van der Waals surface area contributed by atoms with Crippen LogP contribution in [-0.2, 0) is 4.74 Å². The topological polar surface area (TPSA) is 62.0 Å². The first kappa shape index (κ1) is 14.6. The third-order valence-corrected chi connectivity index (χ3v) is 4.13. The average molecular weight is 316 g/mol. The molecule has 0 radical (unpaired) electrons. The quantitative estimate of drug-likeness (QED) is 0.727. The Hall–Kier alpha value is -2.97. The molecule has 2 heterocycles. The van der Waals surface area contributed by atoms with Gasteiger partial charge in [0.15, 0.2) is 5.82 Å². The highest BCUT2D eigenvalue weighted by Gasteiger charge is 2.19. The standard InChI is InChI=1S/C19H16N4O/c20-13-14-4-3-5-15(12-14)18-19(23-8-10-24-11-9-23)22-17-7-2-1-6-16(17)21-18/h1-7,12H,8-11H2. The van der Waals surface area contributed by atoms with E-state index in [4.69, 9.17) is 14.7 Å². The summed E-state index contributed by atoms with van der Waals surface area (Å²) in [5.41, 5.74) is 4.07. The minimum Gasteiger partial charge on any atom is -0.378 e. The molecule has 2 aromatic carbocycles. The fraction of sp³-hybridized carbons (Fsp3) is 0.211. The molecule has 0 spiro atoms. The maximum atomic E-state index is 9.19. The van der Waals surface area contributed by atoms with Gasteiger partial charge in [-0.25, -0.2) is 9.97 Å². The number of nitriles is 1. The van der Waals surface area contributed by atoms with Crippen molar-refractivity contribution in [2.75, 3.05) is 31.2 Å². The molecule has 5 heteroatoms. The van der Waals surface area contributed by atoms with Gasteiger partial charge in [-0.05, 0) is 24.3 Å². The zero-order valence-corrected chi connectivity index (χ0v) is 13.1. The van der Waals surface area contributed by atoms with Gasteiger partial charge in [-0.2, -0.15) is 5.26 Å². The molecule has 4 rings (SSSR count). The molecule has 1 fully saturated rings. The first-order valence-electron chi connectivity index (χ1n) is 7.95. The minimum atomic E-state index is 0.621. The van der Waals surface area contributed by atoms with Gasteiger partial charge in [-0.3, -0.25) is 0 Å². The zero-order chi connectivity index (χ0) is 16.4. The first-order valence-corrected chi connectivity index (χ1v) is 7.95. The Morgan fingerprint density at radius 2 is 1.71 bits per heavy atom. The molecule has 0 saturated carbocycles. The van der Waals surface area contributed by atoms with Crippen LogP contribution in [0, 0.1) is 11.3 Å². The van der Waals surface area contributed by atoms with Crippen LogP contribution in [0.5, 0.6) is 0 Å². The van der Waals surface area contributed by atoms with E-state index in [2.05, 4.69) is 11.0 Å². The molecule has 0 amide bonds. The maximum absolute atomic E-state index is 9.19. The molecule has 3 aromatic rings. The van der Waals surface area contributed by atoms with Crippen molar-refractivity contribution in [3.8, 4) is 17.3 Å². The number of rotatable bonds is 2. The number of benzene rings is 2. The van der Waals surface area contributed by atoms with Crippen molar-refractivity contribution < 1.29 is 4.74 Å². The smallest absolute Gasteiger partial charge is 0.156 e. The van der Waals surface area contributed by atoms with E-state index in [0.717, 1.165) is 41.2 Å². The first-order chi connectivity index (χ1) is 11.8. The number of morpholine rings is 1. The summed E-state index contributed by atoms with van der Waals surface area (Å²) in [6.45, 7) is 2.95. The molecular formula is C19H16N4O. The second-order valence-corrected chi connectivity index (χ2v) is 5.68. The number of ether oxygens (including phenoxy) is 1. The second kappa shape index (κ2) is 6.26. The van der Waals surface area contributed by atoms with Crippen LogP contribution in [0.4, 0.5) is 5.82 Å². The normalized spacial score (nSPS) is 14.5. The molecule has 0 N–H and O–H groups in total. The Kier molecular flexibility index (Phi) is 3.81. The van der Waals surface area contributed by atoms with Crippen LogP contribution in [0.3, 0.4) is 0 Å². The monoisotopic (exact) mass is 316 g/mol. The molecule has 118 valence electrons. The molecule has 24 heavy (non-hydrogen) atoms. The number of hydrogen-bond donors (Lipinski definition) is 0. The summed E-state index contributed by atoms with van der Waals surface area (Å²) < 4.78 is 5.46. The predicted molar refractivity (Wildman–Crippen MR) is 92.7 cm³/mol. The van der Waals surface area contributed by atoms with E-state index in [1.807, 2.05) is 42.5 Å². The van der Waals surface area contributed by atoms with Crippen molar-refractivity contribution in [3.05, 3.63) is 54.1 Å². The van der Waals surface area contributed by atoms with Gasteiger partial charge >= 0.3 is 0 Å². The third-order valence-electron chi connectivity index (χ3n) is 4.13. The van der Waals surface area contributed by atoms with Crippen LogP contribution < -0.4 is 4.90 Å². The van der Waals surface area contributed by atoms with Crippen molar-refractivity contribution in [3.63, 3.8) is 0 Å². The van der Waals surface area contributed by atoms with Gasteiger partial charge in [0.1, 0.15) is 5.69 Å². The molecular weight excluding hydrogens is 300 g/mol. The lowest BCUT2D eigenvalue weighted by atomic mass is 10.1. The summed E-state index contributed by atoms with van der Waals surface area (Å²) in [6.07, 6.45) is 0. The zero-order valence-electron chi connectivity index (χ0n) is 13.1. The largest absolute Gasteiger partial charge is 0.378 e. The van der Waals surface area contributed by atoms with Crippen molar-refractivity contribution in [1.29, 1.82) is 5.26 Å². The molecule has 5 nitrogen and oxygen atoms in total. The van der Waals surface area contributed by atoms with Gasteiger partial charge in [0.2, 0.25) is 0 Å². The Morgan fingerprint density at radius 3 is 2.46 bits per heavy atom. The van der Waals surface area contributed by atoms with Gasteiger partial charge < -0.3 is 9.64 Å². The van der Waals surface area contributed by atoms with Crippen LogP contribution in [0.1, 0.15) is 5.56 Å². The summed E-state index contributed by atoms with van der Waals surface area (Å²) >= 11 is 0. The van der Waals surface area contributed by atoms with Crippen molar-refractivity contribution in [2.24, 2.45) is 0 Å². The fourth-order valence-corrected chi connectivity index (χ4v) is 2.92. The van der Waals surface area contributed by atoms with Crippen LogP contribution in [0.2, 0.25) is 0 Å². The van der Waals surface area contributed by atoms with Gasteiger partial charge in [-0.1, -0.05) is 24.3 Å². The Balaban J connectivity index is 1.92. The molecule has 1 saturated heterocycles. The van der Waals surface area contributed by atoms with E-state index < -0.39 is 0 Å². The SMILES string of the molecule is N#Cc1cccc(-c2nc3ccccc3nc2N2CCOCC2)c1. The number of hydrogen-bond acceptors (Lipinski definition) is 5. The Labute approximate surface area is 140 Å². The van der Waals surface area contributed by atoms with Crippen molar-refractivity contribution in [1.82, 2.24) is 9.97 Å².